The van der Waals surface area contributed by atoms with Crippen molar-refractivity contribution in [3.63, 3.8) is 0 Å². The van der Waals surface area contributed by atoms with Gasteiger partial charge in [0.05, 0.1) is 6.54 Å². The van der Waals surface area contributed by atoms with Crippen molar-refractivity contribution in [3.8, 4) is 11.8 Å². The lowest BCUT2D eigenvalue weighted by molar-refractivity contribution is -0.120. The second-order valence-corrected chi connectivity index (χ2v) is 6.73. The molecule has 0 bridgehead atoms. The summed E-state index contributed by atoms with van der Waals surface area (Å²) in [5, 5.41) is 16.3. The number of aromatic nitrogens is 3. The molecule has 1 atom stereocenters. The molecule has 1 aliphatic rings. The number of nitrogens with one attached hydrogen (secondary N) is 1. The Morgan fingerprint density at radius 2 is 2.10 bits per heavy atom. The van der Waals surface area contributed by atoms with Crippen molar-refractivity contribution in [2.45, 2.75) is 12.6 Å². The van der Waals surface area contributed by atoms with Gasteiger partial charge < -0.3 is 10.1 Å². The number of nitrogens with zero attached hydrogens (tertiary/aromatic N) is 5. The maximum atomic E-state index is 12.8. The van der Waals surface area contributed by atoms with E-state index in [1.165, 1.54) is 15.6 Å². The molecular weight excluding hydrogens is 384 g/mol. The minimum atomic E-state index is -0.915. The lowest BCUT2D eigenvalue weighted by Crippen LogP contribution is -2.49. The zero-order valence-electron chi connectivity index (χ0n) is 16.1. The van der Waals surface area contributed by atoms with E-state index in [0.29, 0.717) is 18.1 Å². The first kappa shape index (κ1) is 19.1. The Labute approximate surface area is 172 Å². The van der Waals surface area contributed by atoms with Crippen LogP contribution < -0.4 is 15.0 Å². The quantitative estimate of drug-likeness (QED) is 0.705. The number of carbonyl (C=O) groups is 2. The summed E-state index contributed by atoms with van der Waals surface area (Å²) >= 11 is 0. The van der Waals surface area contributed by atoms with Crippen molar-refractivity contribution in [2.24, 2.45) is 0 Å². The molecule has 1 unspecified atom stereocenters. The Bertz CT molecular complexity index is 1140. The second-order valence-electron chi connectivity index (χ2n) is 6.73. The highest BCUT2D eigenvalue weighted by Crippen LogP contribution is 2.27. The first-order valence-electron chi connectivity index (χ1n) is 9.25. The Kier molecular flexibility index (Phi) is 5.13. The molecule has 30 heavy (non-hydrogen) atoms. The van der Waals surface area contributed by atoms with Gasteiger partial charge in [0, 0.05) is 19.3 Å². The van der Waals surface area contributed by atoms with Crippen LogP contribution in [0.4, 0.5) is 5.82 Å². The molecule has 1 aromatic carbocycles. The summed E-state index contributed by atoms with van der Waals surface area (Å²) in [6, 6.07) is 15.4. The molecule has 0 radical (unpaired) electrons. The molecule has 9 heteroatoms. The number of hydrogen-bond donors (Lipinski definition) is 1. The number of likely N-dealkylation sites (N-methyl/N-ethyl adjacent to an activating group) is 1. The van der Waals surface area contributed by atoms with Gasteiger partial charge in [0.25, 0.3) is 11.8 Å². The van der Waals surface area contributed by atoms with E-state index >= 15 is 0 Å². The molecule has 9 nitrogen and oxygen atoms in total. The standard InChI is InChI=1S/C21H18N6O3/c1-26-19-18(8-5-9-23-19)30-13-17(21(26)29)24-20(28)16-10-15(11-22)27(25-16)12-14-6-3-2-4-7-14/h2-10,17H,12-13H2,1H3,(H,24,28). The number of pyridine rings is 1. The lowest BCUT2D eigenvalue weighted by Gasteiger charge is -2.19. The topological polar surface area (TPSA) is 113 Å². The van der Waals surface area contributed by atoms with Crippen LogP contribution in [-0.4, -0.2) is 46.3 Å². The van der Waals surface area contributed by atoms with E-state index in [2.05, 4.69) is 15.4 Å². The summed E-state index contributed by atoms with van der Waals surface area (Å²) in [6.07, 6.45) is 1.56. The molecule has 2 amide bonds. The number of amides is 2. The van der Waals surface area contributed by atoms with Crippen LogP contribution in [0.15, 0.2) is 54.7 Å². The van der Waals surface area contributed by atoms with Gasteiger partial charge in [0.1, 0.15) is 24.4 Å². The Morgan fingerprint density at radius 3 is 2.87 bits per heavy atom. The SMILES string of the molecule is CN1C(=O)C(NC(=O)c2cc(C#N)n(Cc3ccccc3)n2)COc2cccnc21. The highest BCUT2D eigenvalue weighted by molar-refractivity contribution is 6.02. The number of nitriles is 1. The molecule has 0 fully saturated rings. The lowest BCUT2D eigenvalue weighted by atomic mass is 10.2. The minimum absolute atomic E-state index is 0.0383. The molecule has 1 aliphatic heterocycles. The van der Waals surface area contributed by atoms with Gasteiger partial charge in [-0.15, -0.1) is 0 Å². The summed E-state index contributed by atoms with van der Waals surface area (Å²) in [7, 11) is 1.57. The van der Waals surface area contributed by atoms with Crippen LogP contribution in [0, 0.1) is 11.3 Å². The first-order chi connectivity index (χ1) is 14.6. The molecule has 4 rings (SSSR count). The van der Waals surface area contributed by atoms with Crippen molar-refractivity contribution in [3.05, 3.63) is 71.7 Å². The molecule has 0 saturated heterocycles. The van der Waals surface area contributed by atoms with Crippen LogP contribution >= 0.6 is 0 Å². The summed E-state index contributed by atoms with van der Waals surface area (Å²) in [4.78, 5) is 31.0. The predicted molar refractivity (Wildman–Crippen MR) is 107 cm³/mol. The van der Waals surface area contributed by atoms with E-state index in [1.807, 2.05) is 36.4 Å². The molecule has 3 aromatic rings. The fourth-order valence-electron chi connectivity index (χ4n) is 3.16. The average molecular weight is 402 g/mol. The molecule has 1 N–H and O–H groups in total. The van der Waals surface area contributed by atoms with E-state index in [9.17, 15) is 14.9 Å². The van der Waals surface area contributed by atoms with E-state index in [-0.39, 0.29) is 23.9 Å². The van der Waals surface area contributed by atoms with Crippen LogP contribution in [0.5, 0.6) is 5.75 Å². The fourth-order valence-corrected chi connectivity index (χ4v) is 3.16. The third-order valence-corrected chi connectivity index (χ3v) is 4.71. The molecule has 0 saturated carbocycles. The maximum absolute atomic E-state index is 12.8. The van der Waals surface area contributed by atoms with Gasteiger partial charge in [-0.3, -0.25) is 14.5 Å². The van der Waals surface area contributed by atoms with Crippen molar-refractivity contribution in [1.82, 2.24) is 20.1 Å². The highest BCUT2D eigenvalue weighted by Gasteiger charge is 2.32. The number of fused-ring (bicyclic) bond motifs is 1. The monoisotopic (exact) mass is 402 g/mol. The molecular formula is C21H18N6O3. The van der Waals surface area contributed by atoms with E-state index in [1.54, 1.807) is 25.4 Å². The third-order valence-electron chi connectivity index (χ3n) is 4.71. The average Bonchev–Trinajstić information content (AvgIpc) is 3.14. The summed E-state index contributed by atoms with van der Waals surface area (Å²) in [5.41, 5.74) is 1.25. The highest BCUT2D eigenvalue weighted by atomic mass is 16.5. The first-order valence-corrected chi connectivity index (χ1v) is 9.25. The van der Waals surface area contributed by atoms with E-state index in [0.717, 1.165) is 5.56 Å². The molecule has 2 aromatic heterocycles. The molecule has 0 aliphatic carbocycles. The van der Waals surface area contributed by atoms with Gasteiger partial charge in [0.15, 0.2) is 17.3 Å². The smallest absolute Gasteiger partial charge is 0.272 e. The van der Waals surface area contributed by atoms with Crippen molar-refractivity contribution in [2.75, 3.05) is 18.6 Å². The van der Waals surface area contributed by atoms with Crippen molar-refractivity contribution >= 4 is 17.6 Å². The van der Waals surface area contributed by atoms with Crippen LogP contribution in [0.2, 0.25) is 0 Å². The van der Waals surface area contributed by atoms with Crippen LogP contribution in [-0.2, 0) is 11.3 Å². The third kappa shape index (κ3) is 3.71. The zero-order valence-corrected chi connectivity index (χ0v) is 16.1. The summed E-state index contributed by atoms with van der Waals surface area (Å²) < 4.78 is 7.11. The van der Waals surface area contributed by atoms with Gasteiger partial charge in [0.2, 0.25) is 0 Å². The normalized spacial score (nSPS) is 15.5. The predicted octanol–water partition coefficient (Wildman–Crippen LogP) is 1.35. The molecule has 0 spiro atoms. The number of ether oxygens (including phenoxy) is 1. The van der Waals surface area contributed by atoms with Crippen LogP contribution in [0.1, 0.15) is 21.7 Å². The van der Waals surface area contributed by atoms with Gasteiger partial charge in [-0.2, -0.15) is 10.4 Å². The minimum Gasteiger partial charge on any atom is -0.487 e. The van der Waals surface area contributed by atoms with Gasteiger partial charge in [-0.25, -0.2) is 9.67 Å². The van der Waals surface area contributed by atoms with Crippen LogP contribution in [0.25, 0.3) is 0 Å². The van der Waals surface area contributed by atoms with Gasteiger partial charge in [-0.1, -0.05) is 30.3 Å². The Morgan fingerprint density at radius 1 is 1.30 bits per heavy atom. The Balaban J connectivity index is 1.52. The van der Waals surface area contributed by atoms with Crippen molar-refractivity contribution < 1.29 is 14.3 Å². The number of rotatable bonds is 4. The number of benzene rings is 1. The maximum Gasteiger partial charge on any atom is 0.272 e. The molecule has 3 heterocycles. The zero-order chi connectivity index (χ0) is 21.1. The number of carbonyl (C=O) groups excluding carboxylic acids is 2. The van der Waals surface area contributed by atoms with Gasteiger partial charge in [-0.05, 0) is 17.7 Å². The Hall–Kier alpha value is -4.19. The van der Waals surface area contributed by atoms with Crippen LogP contribution in [0.3, 0.4) is 0 Å². The van der Waals surface area contributed by atoms with Gasteiger partial charge >= 0.3 is 0 Å². The largest absolute Gasteiger partial charge is 0.487 e. The fraction of sp³-hybridized carbons (Fsp3) is 0.190. The number of hydrogen-bond acceptors (Lipinski definition) is 6. The summed E-state index contributed by atoms with van der Waals surface area (Å²) in [6.45, 7) is 0.315. The number of anilines is 1. The molecule has 150 valence electrons. The van der Waals surface area contributed by atoms with Crippen molar-refractivity contribution in [1.29, 1.82) is 5.26 Å². The van der Waals surface area contributed by atoms with E-state index in [4.69, 9.17) is 4.74 Å². The summed E-state index contributed by atoms with van der Waals surface area (Å²) in [5.74, 6) is -0.0697. The second kappa shape index (κ2) is 8.05. The van der Waals surface area contributed by atoms with E-state index < -0.39 is 11.9 Å².